The van der Waals surface area contributed by atoms with Crippen molar-refractivity contribution in [1.29, 1.82) is 0 Å². The molecule has 130 valence electrons. The number of carbonyl (C=O) groups excluding carboxylic acids is 1. The molecule has 2 bridgehead atoms. The van der Waals surface area contributed by atoms with Gasteiger partial charge in [0, 0.05) is 0 Å². The van der Waals surface area contributed by atoms with Crippen molar-refractivity contribution in [2.45, 2.75) is 77.2 Å². The van der Waals surface area contributed by atoms with E-state index in [1.807, 2.05) is 0 Å². The predicted molar refractivity (Wildman–Crippen MR) is 88.7 cm³/mol. The summed E-state index contributed by atoms with van der Waals surface area (Å²) in [6.45, 7) is 4.53. The van der Waals surface area contributed by atoms with E-state index in [0.717, 1.165) is 25.7 Å². The predicted octanol–water partition coefficient (Wildman–Crippen LogP) is 3.93. The lowest BCUT2D eigenvalue weighted by Crippen LogP contribution is -2.58. The number of esters is 1. The standard InChI is InChI=1S/C20H32O3/c1-18-8-4-9-19(2,22)15(18)7-10-20-11-13(5-6-16(18)20)14(12-20)17(21)23-3/h13-16,22H,4-12H2,1-3H3/t13-,14+,15+,16+,18-,19-,20+/m1/s1. The minimum absolute atomic E-state index is 0.0236. The van der Waals surface area contributed by atoms with Crippen molar-refractivity contribution in [3.05, 3.63) is 0 Å². The van der Waals surface area contributed by atoms with Gasteiger partial charge in [0.25, 0.3) is 0 Å². The Morgan fingerprint density at radius 1 is 1.04 bits per heavy atom. The Morgan fingerprint density at radius 2 is 1.83 bits per heavy atom. The van der Waals surface area contributed by atoms with Crippen molar-refractivity contribution in [1.82, 2.24) is 0 Å². The van der Waals surface area contributed by atoms with Gasteiger partial charge >= 0.3 is 5.97 Å². The molecular weight excluding hydrogens is 288 g/mol. The highest BCUT2D eigenvalue weighted by Gasteiger charge is 2.65. The molecule has 0 aromatic carbocycles. The molecule has 4 rings (SSSR count). The summed E-state index contributed by atoms with van der Waals surface area (Å²) in [5.74, 6) is 1.83. The topological polar surface area (TPSA) is 46.5 Å². The van der Waals surface area contributed by atoms with Crippen LogP contribution in [0.15, 0.2) is 0 Å². The van der Waals surface area contributed by atoms with Crippen molar-refractivity contribution >= 4 is 5.97 Å². The number of hydrogen-bond acceptors (Lipinski definition) is 3. The van der Waals surface area contributed by atoms with E-state index in [1.165, 1.54) is 39.2 Å². The number of carbonyl (C=O) groups is 1. The largest absolute Gasteiger partial charge is 0.469 e. The van der Waals surface area contributed by atoms with E-state index in [-0.39, 0.29) is 17.3 Å². The maximum atomic E-state index is 12.2. The second kappa shape index (κ2) is 4.97. The molecule has 0 aromatic heterocycles. The second-order valence-electron chi connectivity index (χ2n) is 9.60. The molecule has 1 spiro atoms. The van der Waals surface area contributed by atoms with E-state index < -0.39 is 5.60 Å². The Labute approximate surface area is 140 Å². The number of rotatable bonds is 1. The molecule has 3 heteroatoms. The smallest absolute Gasteiger partial charge is 0.308 e. The fraction of sp³-hybridized carbons (Fsp3) is 0.950. The van der Waals surface area contributed by atoms with Gasteiger partial charge in [0.15, 0.2) is 0 Å². The molecule has 7 atom stereocenters. The first kappa shape index (κ1) is 15.9. The summed E-state index contributed by atoms with van der Waals surface area (Å²) >= 11 is 0. The third kappa shape index (κ3) is 2.08. The van der Waals surface area contributed by atoms with E-state index in [9.17, 15) is 9.90 Å². The van der Waals surface area contributed by atoms with Gasteiger partial charge in [0.05, 0.1) is 18.6 Å². The summed E-state index contributed by atoms with van der Waals surface area (Å²) in [7, 11) is 1.54. The number of hydrogen-bond donors (Lipinski definition) is 1. The SMILES string of the molecule is COC(=O)[C@H]1C[C@@]23CC[C@H]4[C@@](C)(CCC[C@@]4(C)O)[C@@H]2CC[C@@H]1C3. The Kier molecular flexibility index (Phi) is 3.44. The summed E-state index contributed by atoms with van der Waals surface area (Å²) in [6, 6.07) is 0. The van der Waals surface area contributed by atoms with Gasteiger partial charge in [-0.1, -0.05) is 13.3 Å². The van der Waals surface area contributed by atoms with Crippen LogP contribution in [0.3, 0.4) is 0 Å². The molecule has 1 N–H and O–H groups in total. The van der Waals surface area contributed by atoms with E-state index in [2.05, 4.69) is 13.8 Å². The zero-order valence-corrected chi connectivity index (χ0v) is 14.9. The Bertz CT molecular complexity index is 513. The zero-order chi connectivity index (χ0) is 16.5. The number of methoxy groups -OCH3 is 1. The van der Waals surface area contributed by atoms with Gasteiger partial charge in [-0.15, -0.1) is 0 Å². The molecule has 0 aliphatic heterocycles. The van der Waals surface area contributed by atoms with Crippen LogP contribution in [0, 0.1) is 34.5 Å². The molecule has 0 saturated heterocycles. The summed E-state index contributed by atoms with van der Waals surface area (Å²) in [5.41, 5.74) is 0.113. The molecule has 0 radical (unpaired) electrons. The van der Waals surface area contributed by atoms with Crippen LogP contribution in [0.25, 0.3) is 0 Å². The van der Waals surface area contributed by atoms with Crippen LogP contribution in [0.4, 0.5) is 0 Å². The highest BCUT2D eigenvalue weighted by Crippen LogP contribution is 2.71. The van der Waals surface area contributed by atoms with Gasteiger partial charge in [-0.05, 0) is 86.9 Å². The number of ether oxygens (including phenoxy) is 1. The number of fused-ring (bicyclic) bond motifs is 3. The first-order valence-corrected chi connectivity index (χ1v) is 9.63. The Balaban J connectivity index is 1.67. The van der Waals surface area contributed by atoms with Gasteiger partial charge in [-0.2, -0.15) is 0 Å². The van der Waals surface area contributed by atoms with Gasteiger partial charge in [-0.25, -0.2) is 0 Å². The van der Waals surface area contributed by atoms with E-state index >= 15 is 0 Å². The minimum atomic E-state index is -0.494. The maximum Gasteiger partial charge on any atom is 0.308 e. The highest BCUT2D eigenvalue weighted by molar-refractivity contribution is 5.73. The van der Waals surface area contributed by atoms with E-state index in [0.29, 0.717) is 23.2 Å². The molecule has 0 heterocycles. The summed E-state index contributed by atoms with van der Waals surface area (Å²) in [6.07, 6.45) is 10.4. The van der Waals surface area contributed by atoms with Crippen LogP contribution >= 0.6 is 0 Å². The lowest BCUT2D eigenvalue weighted by molar-refractivity contribution is -0.180. The molecule has 0 aromatic rings. The van der Waals surface area contributed by atoms with E-state index in [1.54, 1.807) is 0 Å². The zero-order valence-electron chi connectivity index (χ0n) is 14.9. The molecule has 3 nitrogen and oxygen atoms in total. The van der Waals surface area contributed by atoms with Gasteiger partial charge < -0.3 is 9.84 Å². The minimum Gasteiger partial charge on any atom is -0.469 e. The monoisotopic (exact) mass is 320 g/mol. The third-order valence-corrected chi connectivity index (χ3v) is 8.61. The first-order valence-electron chi connectivity index (χ1n) is 9.63. The maximum absolute atomic E-state index is 12.2. The molecule has 0 unspecified atom stereocenters. The lowest BCUT2D eigenvalue weighted by Gasteiger charge is -2.63. The number of aliphatic hydroxyl groups is 1. The normalized spacial score (nSPS) is 55.0. The van der Waals surface area contributed by atoms with Crippen molar-refractivity contribution < 1.29 is 14.6 Å². The highest BCUT2D eigenvalue weighted by atomic mass is 16.5. The van der Waals surface area contributed by atoms with Crippen LogP contribution in [0.1, 0.15) is 71.6 Å². The quantitative estimate of drug-likeness (QED) is 0.745. The van der Waals surface area contributed by atoms with Gasteiger partial charge in [0.2, 0.25) is 0 Å². The van der Waals surface area contributed by atoms with Gasteiger partial charge in [0.1, 0.15) is 0 Å². The molecular formula is C20H32O3. The fourth-order valence-electron chi connectivity index (χ4n) is 7.84. The van der Waals surface area contributed by atoms with Crippen molar-refractivity contribution in [2.75, 3.05) is 7.11 Å². The van der Waals surface area contributed by atoms with Crippen LogP contribution in [0.5, 0.6) is 0 Å². The van der Waals surface area contributed by atoms with Crippen molar-refractivity contribution in [3.63, 3.8) is 0 Å². The molecule has 4 fully saturated rings. The van der Waals surface area contributed by atoms with Crippen LogP contribution < -0.4 is 0 Å². The Morgan fingerprint density at radius 3 is 2.57 bits per heavy atom. The molecule has 4 saturated carbocycles. The second-order valence-corrected chi connectivity index (χ2v) is 9.60. The van der Waals surface area contributed by atoms with E-state index in [4.69, 9.17) is 4.74 Å². The van der Waals surface area contributed by atoms with Crippen molar-refractivity contribution in [3.8, 4) is 0 Å². The average molecular weight is 320 g/mol. The van der Waals surface area contributed by atoms with Gasteiger partial charge in [-0.3, -0.25) is 4.79 Å². The lowest BCUT2D eigenvalue weighted by atomic mass is 9.43. The van der Waals surface area contributed by atoms with Crippen LogP contribution in [-0.4, -0.2) is 23.8 Å². The molecule has 4 aliphatic carbocycles. The Hall–Kier alpha value is -0.570. The third-order valence-electron chi connectivity index (χ3n) is 8.61. The summed E-state index contributed by atoms with van der Waals surface area (Å²) < 4.78 is 5.10. The fourth-order valence-corrected chi connectivity index (χ4v) is 7.84. The summed E-state index contributed by atoms with van der Waals surface area (Å²) in [5, 5.41) is 11.0. The van der Waals surface area contributed by atoms with Crippen molar-refractivity contribution in [2.24, 2.45) is 34.5 Å². The summed E-state index contributed by atoms with van der Waals surface area (Å²) in [4.78, 5) is 12.2. The molecule has 0 amide bonds. The molecule has 4 aliphatic rings. The van der Waals surface area contributed by atoms with Crippen LogP contribution in [0.2, 0.25) is 0 Å². The van der Waals surface area contributed by atoms with Crippen LogP contribution in [-0.2, 0) is 9.53 Å². The molecule has 23 heavy (non-hydrogen) atoms. The first-order chi connectivity index (χ1) is 10.8. The average Bonchev–Trinajstić information content (AvgIpc) is 2.76.